The second-order valence-electron chi connectivity index (χ2n) is 3.95. The summed E-state index contributed by atoms with van der Waals surface area (Å²) < 4.78 is 4.72. The van der Waals surface area contributed by atoms with Crippen molar-refractivity contribution in [3.8, 4) is 0 Å². The van der Waals surface area contributed by atoms with E-state index in [1.807, 2.05) is 13.8 Å². The van der Waals surface area contributed by atoms with Crippen LogP contribution in [0.2, 0.25) is 0 Å². The van der Waals surface area contributed by atoms with Gasteiger partial charge in [0.25, 0.3) is 0 Å². The lowest BCUT2D eigenvalue weighted by Gasteiger charge is -2.14. The Balaban J connectivity index is 3.81. The molecular formula is C12H22N2O3. The predicted molar refractivity (Wildman–Crippen MR) is 66.5 cm³/mol. The molecule has 0 aliphatic carbocycles. The average molecular weight is 242 g/mol. The number of hydrogen-bond acceptors (Lipinski definition) is 4. The Bertz CT molecular complexity index is 275. The highest BCUT2D eigenvalue weighted by molar-refractivity contribution is 5.82. The van der Waals surface area contributed by atoms with Crippen LogP contribution in [0.3, 0.4) is 0 Å². The second kappa shape index (κ2) is 8.75. The maximum atomic E-state index is 11.5. The first-order chi connectivity index (χ1) is 7.97. The third kappa shape index (κ3) is 8.45. The lowest BCUT2D eigenvalue weighted by atomic mass is 10.3. The van der Waals surface area contributed by atoms with Crippen molar-refractivity contribution in [1.29, 1.82) is 0 Å². The predicted octanol–water partition coefficient (Wildman–Crippen LogP) is 0.608. The highest BCUT2D eigenvalue weighted by Gasteiger charge is 2.11. The molecule has 0 bridgehead atoms. The molecule has 0 radical (unpaired) electrons. The molecule has 5 heteroatoms. The monoisotopic (exact) mass is 242 g/mol. The molecule has 0 aliphatic rings. The van der Waals surface area contributed by atoms with Crippen molar-refractivity contribution in [2.45, 2.75) is 39.8 Å². The molecule has 0 fully saturated rings. The van der Waals surface area contributed by atoms with Crippen molar-refractivity contribution < 1.29 is 14.3 Å². The van der Waals surface area contributed by atoms with Gasteiger partial charge in [-0.2, -0.15) is 0 Å². The van der Waals surface area contributed by atoms with Crippen LogP contribution in [0.1, 0.15) is 27.7 Å². The minimum absolute atomic E-state index is 0.0514. The van der Waals surface area contributed by atoms with Crippen molar-refractivity contribution in [3.63, 3.8) is 0 Å². The molecule has 1 atom stereocenters. The lowest BCUT2D eigenvalue weighted by Crippen LogP contribution is -2.44. The molecule has 0 aromatic carbocycles. The molecule has 1 unspecified atom stereocenters. The molecule has 17 heavy (non-hydrogen) atoms. The first-order valence-corrected chi connectivity index (χ1v) is 5.84. The lowest BCUT2D eigenvalue weighted by molar-refractivity contribution is -0.137. The summed E-state index contributed by atoms with van der Waals surface area (Å²) in [4.78, 5) is 22.4. The molecule has 0 aromatic rings. The van der Waals surface area contributed by atoms with E-state index in [-0.39, 0.29) is 24.0 Å². The van der Waals surface area contributed by atoms with Crippen molar-refractivity contribution in [3.05, 3.63) is 12.2 Å². The van der Waals surface area contributed by atoms with Gasteiger partial charge in [-0.25, -0.2) is 4.79 Å². The second-order valence-corrected chi connectivity index (χ2v) is 3.95. The molecule has 0 saturated carbocycles. The van der Waals surface area contributed by atoms with Gasteiger partial charge in [-0.3, -0.25) is 4.79 Å². The molecule has 1 amide bonds. The fraction of sp³-hybridized carbons (Fsp3) is 0.667. The van der Waals surface area contributed by atoms with Crippen LogP contribution in [-0.4, -0.2) is 37.1 Å². The van der Waals surface area contributed by atoms with E-state index in [0.717, 1.165) is 0 Å². The summed E-state index contributed by atoms with van der Waals surface area (Å²) in [5, 5.41) is 5.77. The molecule has 0 aliphatic heterocycles. The van der Waals surface area contributed by atoms with E-state index in [4.69, 9.17) is 4.74 Å². The first-order valence-electron chi connectivity index (χ1n) is 5.84. The number of carbonyl (C=O) groups is 2. The van der Waals surface area contributed by atoms with E-state index >= 15 is 0 Å². The summed E-state index contributed by atoms with van der Waals surface area (Å²) in [6, 6.07) is -0.161. The number of rotatable bonds is 7. The molecule has 0 spiro atoms. The maximum absolute atomic E-state index is 11.5. The van der Waals surface area contributed by atoms with E-state index < -0.39 is 0 Å². The van der Waals surface area contributed by atoms with Crippen LogP contribution in [0.25, 0.3) is 0 Å². The molecule has 0 aromatic heterocycles. The van der Waals surface area contributed by atoms with Gasteiger partial charge in [-0.15, -0.1) is 0 Å². The highest BCUT2D eigenvalue weighted by atomic mass is 16.5. The number of ether oxygens (including phenoxy) is 1. The average Bonchev–Trinajstić information content (AvgIpc) is 2.23. The maximum Gasteiger partial charge on any atom is 0.330 e. The zero-order valence-corrected chi connectivity index (χ0v) is 10.9. The van der Waals surface area contributed by atoms with Crippen LogP contribution >= 0.6 is 0 Å². The molecule has 2 N–H and O–H groups in total. The topological polar surface area (TPSA) is 67.4 Å². The van der Waals surface area contributed by atoms with Crippen LogP contribution in [0.4, 0.5) is 0 Å². The third-order valence-corrected chi connectivity index (χ3v) is 1.91. The minimum atomic E-state index is -0.367. The fourth-order valence-corrected chi connectivity index (χ4v) is 1.09. The van der Waals surface area contributed by atoms with E-state index in [0.29, 0.717) is 13.2 Å². The first kappa shape index (κ1) is 15.6. The normalized spacial score (nSPS) is 12.8. The Hall–Kier alpha value is -1.36. The SMILES string of the molecule is CCOC(=O)/C=C/CNC(C)C(=O)NC(C)C. The van der Waals surface area contributed by atoms with Crippen molar-refractivity contribution in [1.82, 2.24) is 10.6 Å². The summed E-state index contributed by atoms with van der Waals surface area (Å²) in [5.41, 5.74) is 0. The van der Waals surface area contributed by atoms with Crippen LogP contribution < -0.4 is 10.6 Å². The van der Waals surface area contributed by atoms with Gasteiger partial charge in [0, 0.05) is 18.7 Å². The Kier molecular flexibility index (Phi) is 8.05. The summed E-state index contributed by atoms with van der Waals surface area (Å²) in [7, 11) is 0. The van der Waals surface area contributed by atoms with E-state index in [1.54, 1.807) is 19.9 Å². The number of nitrogens with one attached hydrogen (secondary N) is 2. The van der Waals surface area contributed by atoms with Gasteiger partial charge in [0.2, 0.25) is 5.91 Å². The number of esters is 1. The van der Waals surface area contributed by atoms with E-state index in [2.05, 4.69) is 10.6 Å². The Morgan fingerprint density at radius 1 is 1.29 bits per heavy atom. The van der Waals surface area contributed by atoms with Crippen molar-refractivity contribution in [2.75, 3.05) is 13.2 Å². The number of amides is 1. The fourth-order valence-electron chi connectivity index (χ4n) is 1.09. The minimum Gasteiger partial charge on any atom is -0.463 e. The molecule has 5 nitrogen and oxygen atoms in total. The third-order valence-electron chi connectivity index (χ3n) is 1.91. The van der Waals surface area contributed by atoms with Crippen molar-refractivity contribution in [2.24, 2.45) is 0 Å². The van der Waals surface area contributed by atoms with Crippen LogP contribution in [0.15, 0.2) is 12.2 Å². The Morgan fingerprint density at radius 3 is 2.47 bits per heavy atom. The van der Waals surface area contributed by atoms with Crippen LogP contribution in [0.5, 0.6) is 0 Å². The summed E-state index contributed by atoms with van der Waals surface area (Å²) in [5.74, 6) is -0.418. The van der Waals surface area contributed by atoms with Gasteiger partial charge in [0.1, 0.15) is 0 Å². The van der Waals surface area contributed by atoms with Crippen molar-refractivity contribution >= 4 is 11.9 Å². The summed E-state index contributed by atoms with van der Waals surface area (Å²) in [6.07, 6.45) is 2.99. The summed E-state index contributed by atoms with van der Waals surface area (Å²) >= 11 is 0. The standard InChI is InChI=1S/C12H22N2O3/c1-5-17-11(15)7-6-8-13-10(4)12(16)14-9(2)3/h6-7,9-10,13H,5,8H2,1-4H3,(H,14,16)/b7-6+. The van der Waals surface area contributed by atoms with E-state index in [1.165, 1.54) is 6.08 Å². The van der Waals surface area contributed by atoms with Gasteiger partial charge in [0.05, 0.1) is 12.6 Å². The number of hydrogen-bond donors (Lipinski definition) is 2. The van der Waals surface area contributed by atoms with Crippen LogP contribution in [-0.2, 0) is 14.3 Å². The molecule has 0 heterocycles. The zero-order valence-electron chi connectivity index (χ0n) is 10.9. The van der Waals surface area contributed by atoms with Crippen LogP contribution in [0, 0.1) is 0 Å². The quantitative estimate of drug-likeness (QED) is 0.507. The molecule has 0 saturated heterocycles. The zero-order chi connectivity index (χ0) is 13.3. The van der Waals surface area contributed by atoms with E-state index in [9.17, 15) is 9.59 Å². The molecule has 0 rings (SSSR count). The Morgan fingerprint density at radius 2 is 1.94 bits per heavy atom. The smallest absolute Gasteiger partial charge is 0.330 e. The Labute approximate surface area is 103 Å². The van der Waals surface area contributed by atoms with Gasteiger partial charge in [-0.1, -0.05) is 6.08 Å². The van der Waals surface area contributed by atoms with Gasteiger partial charge >= 0.3 is 5.97 Å². The van der Waals surface area contributed by atoms with Gasteiger partial charge in [-0.05, 0) is 27.7 Å². The number of carbonyl (C=O) groups excluding carboxylic acids is 2. The molecular weight excluding hydrogens is 220 g/mol. The largest absolute Gasteiger partial charge is 0.463 e. The van der Waals surface area contributed by atoms with Gasteiger partial charge < -0.3 is 15.4 Å². The summed E-state index contributed by atoms with van der Waals surface area (Å²) in [6.45, 7) is 8.16. The van der Waals surface area contributed by atoms with Gasteiger partial charge in [0.15, 0.2) is 0 Å². The highest BCUT2D eigenvalue weighted by Crippen LogP contribution is 1.86. The molecule has 98 valence electrons.